The quantitative estimate of drug-likeness (QED) is 0.264. The van der Waals surface area contributed by atoms with Gasteiger partial charge in [-0.05, 0) is 81.8 Å². The molecule has 0 spiro atoms. The average molecular weight is 575 g/mol. The third kappa shape index (κ3) is 5.72. The largest absolute Gasteiger partial charge is 0.488 e. The molecule has 8 nitrogen and oxygen atoms in total. The predicted molar refractivity (Wildman–Crippen MR) is 159 cm³/mol. The Labute approximate surface area is 245 Å². The van der Waals surface area contributed by atoms with Crippen molar-refractivity contribution in [3.8, 4) is 11.6 Å². The van der Waals surface area contributed by atoms with E-state index < -0.39 is 6.09 Å². The van der Waals surface area contributed by atoms with Crippen LogP contribution in [-0.2, 0) is 6.61 Å². The summed E-state index contributed by atoms with van der Waals surface area (Å²) in [5.41, 5.74) is 1.90. The van der Waals surface area contributed by atoms with Gasteiger partial charge in [0.05, 0.1) is 17.2 Å². The molecule has 0 unspecified atom stereocenters. The number of aromatic amines is 1. The highest BCUT2D eigenvalue weighted by atomic mass is 19.1. The third-order valence-corrected chi connectivity index (χ3v) is 9.44. The third-order valence-electron chi connectivity index (χ3n) is 9.44. The van der Waals surface area contributed by atoms with E-state index in [1.807, 2.05) is 18.2 Å². The molecule has 3 saturated heterocycles. The maximum absolute atomic E-state index is 14.3. The van der Waals surface area contributed by atoms with E-state index in [0.717, 1.165) is 48.8 Å². The number of halogens is 1. The summed E-state index contributed by atoms with van der Waals surface area (Å²) in [7, 11) is 0. The molecule has 2 N–H and O–H groups in total. The summed E-state index contributed by atoms with van der Waals surface area (Å²) < 4.78 is 31.5. The number of rotatable bonds is 7. The van der Waals surface area contributed by atoms with Gasteiger partial charge in [-0.1, -0.05) is 18.6 Å². The van der Waals surface area contributed by atoms with Crippen LogP contribution in [0.4, 0.5) is 9.18 Å². The van der Waals surface area contributed by atoms with Crippen molar-refractivity contribution in [2.24, 2.45) is 5.92 Å². The highest BCUT2D eigenvalue weighted by Crippen LogP contribution is 2.33. The molecular weight excluding hydrogens is 535 g/mol. The van der Waals surface area contributed by atoms with Gasteiger partial charge < -0.3 is 34.0 Å². The summed E-state index contributed by atoms with van der Waals surface area (Å²) in [5.74, 6) is 1.40. The molecule has 5 heterocycles. The highest BCUT2D eigenvalue weighted by molar-refractivity contribution is 5.88. The first-order valence-corrected chi connectivity index (χ1v) is 15.4. The van der Waals surface area contributed by atoms with E-state index in [1.165, 1.54) is 64.1 Å². The number of piperidine rings is 3. The number of fused-ring (bicyclic) bond motifs is 3. The van der Waals surface area contributed by atoms with Crippen LogP contribution >= 0.6 is 0 Å². The van der Waals surface area contributed by atoms with Gasteiger partial charge in [0.15, 0.2) is 0 Å². The van der Waals surface area contributed by atoms with Crippen molar-refractivity contribution in [3.63, 3.8) is 0 Å². The summed E-state index contributed by atoms with van der Waals surface area (Å²) >= 11 is 0. The number of benzene rings is 2. The van der Waals surface area contributed by atoms with E-state index in [4.69, 9.17) is 13.9 Å². The molecule has 42 heavy (non-hydrogen) atoms. The van der Waals surface area contributed by atoms with Crippen molar-refractivity contribution < 1.29 is 23.1 Å². The van der Waals surface area contributed by atoms with Crippen LogP contribution in [0.15, 0.2) is 53.1 Å². The molecule has 2 atom stereocenters. The normalized spacial score (nSPS) is 22.3. The second-order valence-electron chi connectivity index (χ2n) is 12.1. The number of nitrogens with one attached hydrogen (secondary N) is 2. The van der Waals surface area contributed by atoms with Crippen molar-refractivity contribution >= 4 is 28.0 Å². The zero-order chi connectivity index (χ0) is 28.5. The molecule has 0 radical (unpaired) electrons. The van der Waals surface area contributed by atoms with E-state index in [1.54, 1.807) is 18.2 Å². The van der Waals surface area contributed by atoms with Crippen molar-refractivity contribution in [3.05, 3.63) is 60.1 Å². The monoisotopic (exact) mass is 574 g/mol. The summed E-state index contributed by atoms with van der Waals surface area (Å²) in [4.78, 5) is 21.3. The van der Waals surface area contributed by atoms with Crippen molar-refractivity contribution in [1.29, 1.82) is 0 Å². The Morgan fingerprint density at radius 1 is 1.02 bits per heavy atom. The number of nitrogens with zero attached hydrogens (tertiary/aromatic N) is 2. The molecular formula is C33H39FN4O4. The van der Waals surface area contributed by atoms with E-state index in [0.29, 0.717) is 28.2 Å². The summed E-state index contributed by atoms with van der Waals surface area (Å²) in [6, 6.07) is 13.0. The first kappa shape index (κ1) is 27.3. The molecule has 2 aromatic carbocycles. The smallest absolute Gasteiger partial charge is 0.414 e. The lowest BCUT2D eigenvalue weighted by Gasteiger charge is -2.46. The lowest BCUT2D eigenvalue weighted by atomic mass is 9.83. The van der Waals surface area contributed by atoms with Gasteiger partial charge in [0, 0.05) is 48.7 Å². The Balaban J connectivity index is 0.918. The van der Waals surface area contributed by atoms with Gasteiger partial charge in [-0.25, -0.2) is 9.18 Å². The van der Waals surface area contributed by atoms with Crippen molar-refractivity contribution in [1.82, 2.24) is 20.1 Å². The molecule has 0 saturated carbocycles. The lowest BCUT2D eigenvalue weighted by molar-refractivity contribution is 0.0353. The maximum atomic E-state index is 14.3. The minimum absolute atomic E-state index is 0.111. The molecule has 3 fully saturated rings. The first-order chi connectivity index (χ1) is 20.6. The second kappa shape index (κ2) is 12.0. The fourth-order valence-corrected chi connectivity index (χ4v) is 7.33. The summed E-state index contributed by atoms with van der Waals surface area (Å²) in [6.45, 7) is 5.92. The van der Waals surface area contributed by atoms with Crippen LogP contribution in [0.5, 0.6) is 11.6 Å². The van der Waals surface area contributed by atoms with E-state index in [2.05, 4.69) is 20.1 Å². The highest BCUT2D eigenvalue weighted by Gasteiger charge is 2.34. The number of hydrogen-bond donors (Lipinski definition) is 2. The molecule has 7 rings (SSSR count). The fraction of sp³-hybridized carbons (Fsp3) is 0.485. The molecule has 3 aliphatic heterocycles. The molecule has 0 bridgehead atoms. The maximum Gasteiger partial charge on any atom is 0.414 e. The number of carbonyl (C=O) groups excluding carboxylic acids is 1. The molecule has 222 valence electrons. The standard InChI is InChI=1S/C33H39FN4O4/c34-26-7-3-11-30-32(26)23(21-41-30)20-40-29-10-4-8-27-25(29)18-31(36-27)42-33(39)35-24-12-16-37(17-13-24)19-22-6-5-15-38-14-2-1-9-28(22)38/h3-4,7-8,10-11,18,21-22,24,28,36H,1-2,5-6,9,12-17,19-20H2,(H,35,39)/t22-,28+/m0/s1. The lowest BCUT2D eigenvalue weighted by Crippen LogP contribution is -2.52. The van der Waals surface area contributed by atoms with Crippen LogP contribution in [0.1, 0.15) is 50.5 Å². The number of amides is 1. The number of hydrogen-bond acceptors (Lipinski definition) is 6. The first-order valence-electron chi connectivity index (χ1n) is 15.4. The number of likely N-dealkylation sites (tertiary alicyclic amines) is 1. The van der Waals surface area contributed by atoms with Gasteiger partial charge in [-0.3, -0.25) is 0 Å². The van der Waals surface area contributed by atoms with Crippen LogP contribution in [0.2, 0.25) is 0 Å². The van der Waals surface area contributed by atoms with Gasteiger partial charge >= 0.3 is 6.09 Å². The SMILES string of the molecule is O=C(NC1CCN(C[C@@H]2CCCN3CCCC[C@H]23)CC1)Oc1cc2c(OCc3coc4cccc(F)c34)cccc2[nH]1. The second-order valence-corrected chi connectivity index (χ2v) is 12.1. The molecule has 9 heteroatoms. The summed E-state index contributed by atoms with van der Waals surface area (Å²) in [5, 5.41) is 4.27. The van der Waals surface area contributed by atoms with Crippen LogP contribution < -0.4 is 14.8 Å². The van der Waals surface area contributed by atoms with Crippen LogP contribution in [0, 0.1) is 11.7 Å². The number of ether oxygens (including phenoxy) is 2. The van der Waals surface area contributed by atoms with Crippen LogP contribution in [0.25, 0.3) is 21.9 Å². The van der Waals surface area contributed by atoms with Gasteiger partial charge in [0.25, 0.3) is 0 Å². The topological polar surface area (TPSA) is 83.0 Å². The molecule has 4 aromatic rings. The van der Waals surface area contributed by atoms with Gasteiger partial charge in [0.1, 0.15) is 23.8 Å². The fourth-order valence-electron chi connectivity index (χ4n) is 7.33. The number of H-pyrrole nitrogens is 1. The Morgan fingerprint density at radius 3 is 2.79 bits per heavy atom. The van der Waals surface area contributed by atoms with E-state index in [9.17, 15) is 9.18 Å². The minimum atomic E-state index is -0.451. The Bertz CT molecular complexity index is 1540. The summed E-state index contributed by atoms with van der Waals surface area (Å²) in [6.07, 6.45) is 9.71. The zero-order valence-electron chi connectivity index (χ0n) is 23.9. The van der Waals surface area contributed by atoms with Crippen LogP contribution in [0.3, 0.4) is 0 Å². The zero-order valence-corrected chi connectivity index (χ0v) is 23.9. The van der Waals surface area contributed by atoms with Crippen molar-refractivity contribution in [2.45, 2.75) is 63.6 Å². The molecule has 1 amide bonds. The Kier molecular flexibility index (Phi) is 7.78. The molecule has 3 aliphatic rings. The number of furan rings is 1. The minimum Gasteiger partial charge on any atom is -0.488 e. The van der Waals surface area contributed by atoms with Gasteiger partial charge in [0.2, 0.25) is 5.88 Å². The van der Waals surface area contributed by atoms with Gasteiger partial charge in [-0.15, -0.1) is 0 Å². The molecule has 2 aromatic heterocycles. The predicted octanol–water partition coefficient (Wildman–Crippen LogP) is 6.45. The number of aromatic nitrogens is 1. The number of carbonyl (C=O) groups is 1. The van der Waals surface area contributed by atoms with Gasteiger partial charge in [-0.2, -0.15) is 0 Å². The van der Waals surface area contributed by atoms with Crippen LogP contribution in [-0.4, -0.2) is 65.7 Å². The van der Waals surface area contributed by atoms with Crippen molar-refractivity contribution in [2.75, 3.05) is 32.7 Å². The van der Waals surface area contributed by atoms with E-state index >= 15 is 0 Å². The molecule has 0 aliphatic carbocycles. The average Bonchev–Trinajstić information content (AvgIpc) is 3.62. The Hall–Kier alpha value is -3.56. The van der Waals surface area contributed by atoms with E-state index in [-0.39, 0.29) is 18.5 Å². The Morgan fingerprint density at radius 2 is 1.88 bits per heavy atom.